The van der Waals surface area contributed by atoms with E-state index in [0.717, 1.165) is 24.7 Å². The van der Waals surface area contributed by atoms with Gasteiger partial charge in [-0.05, 0) is 6.07 Å². The summed E-state index contributed by atoms with van der Waals surface area (Å²) in [6, 6.07) is 4.53. The van der Waals surface area contributed by atoms with E-state index in [1.807, 2.05) is 0 Å². The van der Waals surface area contributed by atoms with Gasteiger partial charge in [-0.2, -0.15) is 0 Å². The van der Waals surface area contributed by atoms with Gasteiger partial charge in [-0.3, -0.25) is 0 Å². The first kappa shape index (κ1) is 22.6. The van der Waals surface area contributed by atoms with Crippen molar-refractivity contribution in [2.24, 2.45) is 0 Å². The summed E-state index contributed by atoms with van der Waals surface area (Å²) in [6.45, 7) is 3.73. The average molecular weight is 468 g/mol. The SMILES string of the molecule is C=Cc1cnc(Nc2ncc(F)cc2F)cc1Nc1cc(F)cc(-c2ncc(F)cn2)c1OC. The second kappa shape index (κ2) is 9.53. The van der Waals surface area contributed by atoms with E-state index in [9.17, 15) is 17.6 Å². The molecule has 3 aromatic heterocycles. The molecule has 0 amide bonds. The van der Waals surface area contributed by atoms with Crippen molar-refractivity contribution in [2.45, 2.75) is 0 Å². The average Bonchev–Trinajstić information content (AvgIpc) is 2.81. The predicted molar refractivity (Wildman–Crippen MR) is 119 cm³/mol. The van der Waals surface area contributed by atoms with Gasteiger partial charge in [-0.1, -0.05) is 12.7 Å². The lowest BCUT2D eigenvalue weighted by Gasteiger charge is -2.17. The first-order valence-electron chi connectivity index (χ1n) is 9.71. The molecule has 0 fully saturated rings. The molecule has 0 saturated carbocycles. The van der Waals surface area contributed by atoms with E-state index in [1.54, 1.807) is 0 Å². The highest BCUT2D eigenvalue weighted by Gasteiger charge is 2.18. The molecule has 7 nitrogen and oxygen atoms in total. The van der Waals surface area contributed by atoms with Gasteiger partial charge in [0.25, 0.3) is 0 Å². The quantitative estimate of drug-likeness (QED) is 0.340. The smallest absolute Gasteiger partial charge is 0.168 e. The van der Waals surface area contributed by atoms with Crippen molar-refractivity contribution >= 4 is 29.1 Å². The van der Waals surface area contributed by atoms with E-state index < -0.39 is 23.3 Å². The third-order valence-electron chi connectivity index (χ3n) is 4.60. The minimum Gasteiger partial charge on any atom is -0.494 e. The van der Waals surface area contributed by atoms with E-state index in [0.29, 0.717) is 17.3 Å². The molecule has 34 heavy (non-hydrogen) atoms. The summed E-state index contributed by atoms with van der Waals surface area (Å²) >= 11 is 0. The molecule has 1 aromatic carbocycles. The standard InChI is InChI=1S/C23H16F4N6O/c1-3-12-8-28-20(33-23-17(27)5-14(25)9-31-23)7-18(12)32-19-6-13(24)4-16(21(19)34-2)22-29-10-15(26)11-30-22/h3-11H,1H2,2H3,(H2,28,31,32,33). The molecular weight excluding hydrogens is 452 g/mol. The fourth-order valence-corrected chi connectivity index (χ4v) is 3.10. The molecule has 0 spiro atoms. The summed E-state index contributed by atoms with van der Waals surface area (Å²) in [5.41, 5.74) is 1.33. The van der Waals surface area contributed by atoms with Crippen molar-refractivity contribution in [1.29, 1.82) is 0 Å². The lowest BCUT2D eigenvalue weighted by atomic mass is 10.1. The van der Waals surface area contributed by atoms with Crippen LogP contribution < -0.4 is 15.4 Å². The Hall–Kier alpha value is -4.54. The number of benzene rings is 1. The lowest BCUT2D eigenvalue weighted by Crippen LogP contribution is -2.03. The number of methoxy groups -OCH3 is 1. The molecule has 0 aliphatic rings. The maximum absolute atomic E-state index is 14.5. The third kappa shape index (κ3) is 4.77. The highest BCUT2D eigenvalue weighted by atomic mass is 19.1. The highest BCUT2D eigenvalue weighted by molar-refractivity contribution is 5.81. The first-order chi connectivity index (χ1) is 16.4. The van der Waals surface area contributed by atoms with E-state index in [2.05, 4.69) is 37.1 Å². The summed E-state index contributed by atoms with van der Waals surface area (Å²) in [5.74, 6) is -2.80. The maximum atomic E-state index is 14.5. The van der Waals surface area contributed by atoms with Gasteiger partial charge in [0.05, 0.1) is 42.6 Å². The Labute approximate surface area is 191 Å². The zero-order chi connectivity index (χ0) is 24.2. The lowest BCUT2D eigenvalue weighted by molar-refractivity contribution is 0.417. The van der Waals surface area contributed by atoms with Crippen molar-refractivity contribution in [3.8, 4) is 17.1 Å². The Bertz CT molecular complexity index is 1360. The van der Waals surface area contributed by atoms with Gasteiger partial charge < -0.3 is 15.4 Å². The van der Waals surface area contributed by atoms with Crippen LogP contribution in [-0.2, 0) is 0 Å². The molecular formula is C23H16F4N6O. The van der Waals surface area contributed by atoms with Gasteiger partial charge >= 0.3 is 0 Å². The molecule has 0 aliphatic heterocycles. The molecule has 0 bridgehead atoms. The van der Waals surface area contributed by atoms with Crippen molar-refractivity contribution in [3.63, 3.8) is 0 Å². The number of nitrogens with zero attached hydrogens (tertiary/aromatic N) is 4. The number of hydrogen-bond donors (Lipinski definition) is 2. The molecule has 11 heteroatoms. The number of halogens is 4. The Morgan fingerprint density at radius 1 is 0.794 bits per heavy atom. The van der Waals surface area contributed by atoms with E-state index in [1.165, 1.54) is 31.5 Å². The van der Waals surface area contributed by atoms with E-state index in [4.69, 9.17) is 4.74 Å². The zero-order valence-corrected chi connectivity index (χ0v) is 17.6. The van der Waals surface area contributed by atoms with Gasteiger partial charge in [-0.25, -0.2) is 37.5 Å². The Balaban J connectivity index is 1.73. The van der Waals surface area contributed by atoms with Gasteiger partial charge in [0.2, 0.25) is 0 Å². The highest BCUT2D eigenvalue weighted by Crippen LogP contribution is 2.38. The fraction of sp³-hybridized carbons (Fsp3) is 0.0435. The summed E-state index contributed by atoms with van der Waals surface area (Å²) in [4.78, 5) is 15.6. The van der Waals surface area contributed by atoms with Crippen LogP contribution in [0.5, 0.6) is 5.75 Å². The second-order valence-electron chi connectivity index (χ2n) is 6.85. The van der Waals surface area contributed by atoms with E-state index in [-0.39, 0.29) is 34.5 Å². The third-order valence-corrected chi connectivity index (χ3v) is 4.60. The minimum atomic E-state index is -0.903. The van der Waals surface area contributed by atoms with Crippen LogP contribution in [-0.4, -0.2) is 27.0 Å². The number of aromatic nitrogens is 4. The number of rotatable bonds is 7. The molecule has 0 saturated heterocycles. The van der Waals surface area contributed by atoms with Gasteiger partial charge in [0, 0.05) is 30.0 Å². The summed E-state index contributed by atoms with van der Waals surface area (Å²) < 4.78 is 60.3. The monoisotopic (exact) mass is 468 g/mol. The van der Waals surface area contributed by atoms with Crippen LogP contribution in [0, 0.1) is 23.3 Å². The Morgan fingerprint density at radius 3 is 2.21 bits per heavy atom. The van der Waals surface area contributed by atoms with Crippen LogP contribution in [0.2, 0.25) is 0 Å². The number of hydrogen-bond acceptors (Lipinski definition) is 7. The molecule has 3 heterocycles. The van der Waals surface area contributed by atoms with Crippen LogP contribution in [0.25, 0.3) is 17.5 Å². The second-order valence-corrected chi connectivity index (χ2v) is 6.85. The number of ether oxygens (including phenoxy) is 1. The van der Waals surface area contributed by atoms with Crippen LogP contribution in [0.4, 0.5) is 40.6 Å². The van der Waals surface area contributed by atoms with Gasteiger partial charge in [0.1, 0.15) is 17.5 Å². The first-order valence-corrected chi connectivity index (χ1v) is 9.71. The maximum Gasteiger partial charge on any atom is 0.168 e. The van der Waals surface area contributed by atoms with Gasteiger partial charge in [0.15, 0.2) is 29.0 Å². The van der Waals surface area contributed by atoms with Crippen molar-refractivity contribution in [1.82, 2.24) is 19.9 Å². The zero-order valence-electron chi connectivity index (χ0n) is 17.6. The molecule has 172 valence electrons. The van der Waals surface area contributed by atoms with Crippen molar-refractivity contribution in [2.75, 3.05) is 17.7 Å². The van der Waals surface area contributed by atoms with Crippen LogP contribution in [0.3, 0.4) is 0 Å². The predicted octanol–water partition coefficient (Wildman–Crippen LogP) is 5.63. The molecule has 0 aliphatic carbocycles. The Kier molecular flexibility index (Phi) is 6.35. The number of nitrogens with one attached hydrogen (secondary N) is 2. The molecule has 4 aromatic rings. The Morgan fingerprint density at radius 2 is 1.53 bits per heavy atom. The molecule has 0 radical (unpaired) electrons. The number of anilines is 4. The normalized spacial score (nSPS) is 10.6. The largest absolute Gasteiger partial charge is 0.494 e. The summed E-state index contributed by atoms with van der Waals surface area (Å²) in [6.07, 6.45) is 5.72. The molecule has 2 N–H and O–H groups in total. The van der Waals surface area contributed by atoms with Gasteiger partial charge in [-0.15, -0.1) is 0 Å². The van der Waals surface area contributed by atoms with Crippen LogP contribution in [0.15, 0.2) is 55.6 Å². The van der Waals surface area contributed by atoms with Crippen molar-refractivity contribution < 1.29 is 22.3 Å². The van der Waals surface area contributed by atoms with Crippen LogP contribution in [0.1, 0.15) is 5.56 Å². The van der Waals surface area contributed by atoms with Crippen LogP contribution >= 0.6 is 0 Å². The molecule has 0 atom stereocenters. The fourth-order valence-electron chi connectivity index (χ4n) is 3.10. The summed E-state index contributed by atoms with van der Waals surface area (Å²) in [7, 11) is 1.38. The molecule has 0 unspecified atom stereocenters. The summed E-state index contributed by atoms with van der Waals surface area (Å²) in [5, 5.41) is 5.70. The van der Waals surface area contributed by atoms with E-state index >= 15 is 0 Å². The molecule has 4 rings (SSSR count). The van der Waals surface area contributed by atoms with Crippen molar-refractivity contribution in [3.05, 3.63) is 84.5 Å². The number of pyridine rings is 2. The minimum absolute atomic E-state index is 0.0553. The topological polar surface area (TPSA) is 84.9 Å².